The Hall–Kier alpha value is -1.95. The maximum Gasteiger partial charge on any atom is 0.228 e. The van der Waals surface area contributed by atoms with Gasteiger partial charge in [-0.2, -0.15) is 0 Å². The second-order valence-corrected chi connectivity index (χ2v) is 4.41. The standard InChI is InChI=1S/C15H17NO2/c1-3-9-18-14-7-5-13(6-8-14)16-11-12(4-2)10-15(16)17/h2,5-8,12H,3,9-11H2,1H3. The number of terminal acetylenes is 1. The lowest BCUT2D eigenvalue weighted by Gasteiger charge is -2.16. The van der Waals surface area contributed by atoms with Crippen molar-refractivity contribution < 1.29 is 9.53 Å². The number of benzene rings is 1. The van der Waals surface area contributed by atoms with Gasteiger partial charge >= 0.3 is 0 Å². The molecule has 1 heterocycles. The van der Waals surface area contributed by atoms with Gasteiger partial charge < -0.3 is 9.64 Å². The van der Waals surface area contributed by atoms with E-state index in [0.29, 0.717) is 19.6 Å². The zero-order chi connectivity index (χ0) is 13.0. The number of ether oxygens (including phenoxy) is 1. The largest absolute Gasteiger partial charge is 0.494 e. The van der Waals surface area contributed by atoms with Gasteiger partial charge in [0, 0.05) is 24.6 Å². The van der Waals surface area contributed by atoms with Crippen LogP contribution in [-0.2, 0) is 4.79 Å². The first-order valence-electron chi connectivity index (χ1n) is 6.24. The molecular weight excluding hydrogens is 226 g/mol. The van der Waals surface area contributed by atoms with Crippen LogP contribution in [0.15, 0.2) is 24.3 Å². The molecule has 1 aromatic carbocycles. The van der Waals surface area contributed by atoms with Crippen LogP contribution in [0.1, 0.15) is 19.8 Å². The van der Waals surface area contributed by atoms with Crippen molar-refractivity contribution in [1.82, 2.24) is 0 Å². The first-order chi connectivity index (χ1) is 8.74. The number of hydrogen-bond donors (Lipinski definition) is 0. The molecule has 3 heteroatoms. The van der Waals surface area contributed by atoms with Crippen molar-refractivity contribution in [2.24, 2.45) is 5.92 Å². The van der Waals surface area contributed by atoms with E-state index in [2.05, 4.69) is 12.8 Å². The van der Waals surface area contributed by atoms with E-state index in [9.17, 15) is 4.79 Å². The van der Waals surface area contributed by atoms with Gasteiger partial charge in [-0.25, -0.2) is 0 Å². The molecule has 94 valence electrons. The van der Waals surface area contributed by atoms with Crippen molar-refractivity contribution in [3.8, 4) is 18.1 Å². The minimum absolute atomic E-state index is 0.0357. The Morgan fingerprint density at radius 1 is 1.44 bits per heavy atom. The van der Waals surface area contributed by atoms with Crippen molar-refractivity contribution in [1.29, 1.82) is 0 Å². The molecule has 2 rings (SSSR count). The Morgan fingerprint density at radius 2 is 2.17 bits per heavy atom. The Balaban J connectivity index is 2.06. The molecule has 0 saturated carbocycles. The van der Waals surface area contributed by atoms with Gasteiger partial charge in [0.15, 0.2) is 0 Å². The van der Waals surface area contributed by atoms with Crippen LogP contribution in [0.2, 0.25) is 0 Å². The van der Waals surface area contributed by atoms with Gasteiger partial charge in [-0.1, -0.05) is 6.92 Å². The highest BCUT2D eigenvalue weighted by molar-refractivity contribution is 5.96. The van der Waals surface area contributed by atoms with Crippen LogP contribution in [0, 0.1) is 18.3 Å². The van der Waals surface area contributed by atoms with Crippen molar-refractivity contribution >= 4 is 11.6 Å². The topological polar surface area (TPSA) is 29.5 Å². The second-order valence-electron chi connectivity index (χ2n) is 4.41. The van der Waals surface area contributed by atoms with Crippen molar-refractivity contribution in [2.45, 2.75) is 19.8 Å². The van der Waals surface area contributed by atoms with Crippen LogP contribution in [0.5, 0.6) is 5.75 Å². The minimum Gasteiger partial charge on any atom is -0.494 e. The highest BCUT2D eigenvalue weighted by Gasteiger charge is 2.29. The molecule has 1 aliphatic rings. The van der Waals surface area contributed by atoms with Gasteiger partial charge in [0.05, 0.1) is 6.61 Å². The van der Waals surface area contributed by atoms with Gasteiger partial charge in [-0.15, -0.1) is 12.3 Å². The fraction of sp³-hybridized carbons (Fsp3) is 0.400. The monoisotopic (exact) mass is 243 g/mol. The van der Waals surface area contributed by atoms with E-state index in [1.54, 1.807) is 4.90 Å². The summed E-state index contributed by atoms with van der Waals surface area (Å²) in [5.41, 5.74) is 0.890. The van der Waals surface area contributed by atoms with E-state index in [4.69, 9.17) is 11.2 Å². The van der Waals surface area contributed by atoms with E-state index >= 15 is 0 Å². The number of rotatable bonds is 4. The van der Waals surface area contributed by atoms with Crippen molar-refractivity contribution in [3.05, 3.63) is 24.3 Å². The summed E-state index contributed by atoms with van der Waals surface area (Å²) >= 11 is 0. The molecule has 0 radical (unpaired) electrons. The third-order valence-electron chi connectivity index (χ3n) is 2.98. The molecular formula is C15H17NO2. The number of anilines is 1. The molecule has 0 aliphatic carbocycles. The average Bonchev–Trinajstić information content (AvgIpc) is 2.78. The van der Waals surface area contributed by atoms with Crippen molar-refractivity contribution in [2.75, 3.05) is 18.1 Å². The smallest absolute Gasteiger partial charge is 0.228 e. The van der Waals surface area contributed by atoms with Gasteiger partial charge in [-0.05, 0) is 30.7 Å². The summed E-state index contributed by atoms with van der Waals surface area (Å²) in [4.78, 5) is 13.5. The number of hydrogen-bond acceptors (Lipinski definition) is 2. The van der Waals surface area contributed by atoms with E-state index in [0.717, 1.165) is 17.9 Å². The lowest BCUT2D eigenvalue weighted by Crippen LogP contribution is -2.24. The fourth-order valence-electron chi connectivity index (χ4n) is 2.01. The first-order valence-corrected chi connectivity index (χ1v) is 6.24. The highest BCUT2D eigenvalue weighted by Crippen LogP contribution is 2.26. The Kier molecular flexibility index (Phi) is 3.88. The SMILES string of the molecule is C#CC1CC(=O)N(c2ccc(OCCC)cc2)C1. The summed E-state index contributed by atoms with van der Waals surface area (Å²) in [7, 11) is 0. The lowest BCUT2D eigenvalue weighted by atomic mass is 10.1. The van der Waals surface area contributed by atoms with E-state index in [1.165, 1.54) is 0 Å². The van der Waals surface area contributed by atoms with Gasteiger partial charge in [-0.3, -0.25) is 4.79 Å². The Labute approximate surface area is 108 Å². The summed E-state index contributed by atoms with van der Waals surface area (Å²) < 4.78 is 5.51. The average molecular weight is 243 g/mol. The molecule has 1 aromatic rings. The van der Waals surface area contributed by atoms with Crippen LogP contribution in [0.4, 0.5) is 5.69 Å². The molecule has 0 aromatic heterocycles. The van der Waals surface area contributed by atoms with Crippen LogP contribution < -0.4 is 9.64 Å². The maximum absolute atomic E-state index is 11.8. The van der Waals surface area contributed by atoms with Crippen molar-refractivity contribution in [3.63, 3.8) is 0 Å². The molecule has 1 atom stereocenters. The third-order valence-corrected chi connectivity index (χ3v) is 2.98. The molecule has 0 N–H and O–H groups in total. The highest BCUT2D eigenvalue weighted by atomic mass is 16.5. The Morgan fingerprint density at radius 3 is 2.72 bits per heavy atom. The normalized spacial score (nSPS) is 18.8. The zero-order valence-electron chi connectivity index (χ0n) is 10.6. The van der Waals surface area contributed by atoms with E-state index in [-0.39, 0.29) is 11.8 Å². The molecule has 0 bridgehead atoms. The third kappa shape index (κ3) is 2.65. The lowest BCUT2D eigenvalue weighted by molar-refractivity contribution is -0.117. The molecule has 1 amide bonds. The van der Waals surface area contributed by atoms with Crippen LogP contribution in [0.25, 0.3) is 0 Å². The number of carbonyl (C=O) groups excluding carboxylic acids is 1. The molecule has 0 spiro atoms. The number of amides is 1. The van der Waals surface area contributed by atoms with Crippen LogP contribution >= 0.6 is 0 Å². The summed E-state index contributed by atoms with van der Waals surface area (Å²) in [6.45, 7) is 3.39. The predicted molar refractivity (Wildman–Crippen MR) is 71.5 cm³/mol. The first kappa shape index (κ1) is 12.5. The summed E-state index contributed by atoms with van der Waals surface area (Å²) in [5.74, 6) is 3.61. The Bertz CT molecular complexity index is 458. The fourth-order valence-corrected chi connectivity index (χ4v) is 2.01. The number of carbonyl (C=O) groups is 1. The predicted octanol–water partition coefficient (Wildman–Crippen LogP) is 2.46. The van der Waals surface area contributed by atoms with Gasteiger partial charge in [0.25, 0.3) is 0 Å². The van der Waals surface area contributed by atoms with Gasteiger partial charge in [0.1, 0.15) is 5.75 Å². The second kappa shape index (κ2) is 5.59. The minimum atomic E-state index is 0.0357. The molecule has 3 nitrogen and oxygen atoms in total. The maximum atomic E-state index is 11.8. The van der Waals surface area contributed by atoms with E-state index in [1.807, 2.05) is 24.3 Å². The zero-order valence-corrected chi connectivity index (χ0v) is 10.6. The molecule has 1 aliphatic heterocycles. The molecule has 1 fully saturated rings. The molecule has 1 unspecified atom stereocenters. The molecule has 18 heavy (non-hydrogen) atoms. The number of nitrogens with zero attached hydrogens (tertiary/aromatic N) is 1. The van der Waals surface area contributed by atoms with E-state index < -0.39 is 0 Å². The summed E-state index contributed by atoms with van der Waals surface area (Å²) in [6, 6.07) is 7.59. The summed E-state index contributed by atoms with van der Waals surface area (Å²) in [5, 5.41) is 0. The quantitative estimate of drug-likeness (QED) is 0.760. The van der Waals surface area contributed by atoms with Crippen LogP contribution in [-0.4, -0.2) is 19.1 Å². The van der Waals surface area contributed by atoms with Gasteiger partial charge in [0.2, 0.25) is 5.91 Å². The molecule has 1 saturated heterocycles. The summed E-state index contributed by atoms with van der Waals surface area (Å²) in [6.07, 6.45) is 6.80. The van der Waals surface area contributed by atoms with Crippen LogP contribution in [0.3, 0.4) is 0 Å².